The summed E-state index contributed by atoms with van der Waals surface area (Å²) < 4.78 is 11.0. The van der Waals surface area contributed by atoms with Crippen molar-refractivity contribution in [2.45, 2.75) is 19.9 Å². The first kappa shape index (κ1) is 27.0. The van der Waals surface area contributed by atoms with E-state index in [1.807, 2.05) is 17.0 Å². The molecule has 0 unspecified atom stereocenters. The molecule has 0 saturated carbocycles. The maximum absolute atomic E-state index is 12.5. The van der Waals surface area contributed by atoms with Gasteiger partial charge in [0.15, 0.2) is 11.7 Å². The first-order valence-corrected chi connectivity index (χ1v) is 11.3. The van der Waals surface area contributed by atoms with Gasteiger partial charge in [-0.25, -0.2) is 4.99 Å². The lowest BCUT2D eigenvalue weighted by molar-refractivity contribution is 0.0657. The maximum atomic E-state index is 12.5. The monoisotopic (exact) mass is 569 g/mol. The predicted octanol–water partition coefficient (Wildman–Crippen LogP) is 3.15. The Kier molecular flexibility index (Phi) is 11.5. The number of carbonyl (C=O) groups is 1. The lowest BCUT2D eigenvalue weighted by Gasteiger charge is -2.36. The number of guanidine groups is 1. The molecule has 0 spiro atoms. The Morgan fingerprint density at radius 1 is 1.12 bits per heavy atom. The highest BCUT2D eigenvalue weighted by atomic mass is 127. The number of rotatable bonds is 9. The molecular formula is C24H36IN5O3. The molecule has 0 radical (unpaired) electrons. The van der Waals surface area contributed by atoms with Crippen LogP contribution in [-0.4, -0.2) is 86.5 Å². The second-order valence-electron chi connectivity index (χ2n) is 8.08. The highest BCUT2D eigenvalue weighted by Crippen LogP contribution is 2.14. The van der Waals surface area contributed by atoms with E-state index in [0.717, 1.165) is 49.9 Å². The zero-order valence-electron chi connectivity index (χ0n) is 19.8. The summed E-state index contributed by atoms with van der Waals surface area (Å²) in [7, 11) is 4.13. The van der Waals surface area contributed by atoms with Gasteiger partial charge in [-0.1, -0.05) is 12.1 Å². The molecule has 2 heterocycles. The van der Waals surface area contributed by atoms with Crippen LogP contribution in [-0.2, 0) is 6.54 Å². The number of carbonyl (C=O) groups excluding carboxylic acids is 1. The van der Waals surface area contributed by atoms with E-state index >= 15 is 0 Å². The van der Waals surface area contributed by atoms with E-state index in [-0.39, 0.29) is 29.9 Å². The topological polar surface area (TPSA) is 73.6 Å². The van der Waals surface area contributed by atoms with Crippen LogP contribution in [0.5, 0.6) is 5.75 Å². The summed E-state index contributed by atoms with van der Waals surface area (Å²) in [6.45, 7) is 7.94. The molecule has 0 aliphatic carbocycles. The number of furan rings is 1. The second-order valence-corrected chi connectivity index (χ2v) is 8.08. The fraction of sp³-hybridized carbons (Fsp3) is 0.500. The Hall–Kier alpha value is -2.27. The molecule has 0 bridgehead atoms. The van der Waals surface area contributed by atoms with E-state index < -0.39 is 0 Å². The van der Waals surface area contributed by atoms with Crippen LogP contribution in [0.15, 0.2) is 52.1 Å². The van der Waals surface area contributed by atoms with E-state index in [1.165, 1.54) is 6.26 Å². The van der Waals surface area contributed by atoms with Gasteiger partial charge in [-0.05, 0) is 57.3 Å². The number of amides is 1. The molecule has 1 saturated heterocycles. The zero-order chi connectivity index (χ0) is 22.8. The van der Waals surface area contributed by atoms with Crippen LogP contribution in [0.1, 0.15) is 29.5 Å². The van der Waals surface area contributed by atoms with Crippen molar-refractivity contribution < 1.29 is 13.9 Å². The number of aliphatic imine (C=N–C) groups is 1. The lowest BCUT2D eigenvalue weighted by Crippen LogP contribution is -2.53. The molecule has 9 heteroatoms. The molecule has 3 rings (SSSR count). The average Bonchev–Trinajstić information content (AvgIpc) is 3.35. The SMILES string of the molecule is CCNC(=NCc1ccc(OCCCN(C)C)cc1)N1CCN(C(=O)c2ccco2)CC1.I. The number of halogens is 1. The van der Waals surface area contributed by atoms with E-state index in [4.69, 9.17) is 14.1 Å². The van der Waals surface area contributed by atoms with E-state index in [1.54, 1.807) is 12.1 Å². The van der Waals surface area contributed by atoms with Crippen LogP contribution in [0.4, 0.5) is 0 Å². The largest absolute Gasteiger partial charge is 0.494 e. The van der Waals surface area contributed by atoms with Crippen LogP contribution in [0.3, 0.4) is 0 Å². The minimum absolute atomic E-state index is 0. The zero-order valence-corrected chi connectivity index (χ0v) is 22.2. The van der Waals surface area contributed by atoms with Crippen LogP contribution in [0.2, 0.25) is 0 Å². The fourth-order valence-electron chi connectivity index (χ4n) is 3.53. The van der Waals surface area contributed by atoms with Gasteiger partial charge in [0.1, 0.15) is 5.75 Å². The minimum Gasteiger partial charge on any atom is -0.494 e. The standard InChI is InChI=1S/C24H35N5O3.HI/c1-4-25-24(29-15-13-28(14-16-29)23(30)22-7-5-17-32-22)26-19-20-8-10-21(11-9-20)31-18-6-12-27(2)3;/h5,7-11,17H,4,6,12-16,18-19H2,1-3H3,(H,25,26);1H. The summed E-state index contributed by atoms with van der Waals surface area (Å²) in [6.07, 6.45) is 2.54. The molecule has 0 atom stereocenters. The van der Waals surface area contributed by atoms with Crippen molar-refractivity contribution in [2.75, 3.05) is 60.0 Å². The maximum Gasteiger partial charge on any atom is 0.289 e. The van der Waals surface area contributed by atoms with Crippen LogP contribution >= 0.6 is 24.0 Å². The third-order valence-electron chi connectivity index (χ3n) is 5.29. The normalized spacial score (nSPS) is 14.2. The molecule has 33 heavy (non-hydrogen) atoms. The quantitative estimate of drug-likeness (QED) is 0.217. The first-order chi connectivity index (χ1) is 15.6. The molecule has 1 amide bonds. The summed E-state index contributed by atoms with van der Waals surface area (Å²) in [5, 5.41) is 3.37. The molecular weight excluding hydrogens is 533 g/mol. The van der Waals surface area contributed by atoms with Crippen molar-refractivity contribution in [2.24, 2.45) is 4.99 Å². The predicted molar refractivity (Wildman–Crippen MR) is 142 cm³/mol. The van der Waals surface area contributed by atoms with Gasteiger partial charge in [-0.2, -0.15) is 0 Å². The van der Waals surface area contributed by atoms with E-state index in [9.17, 15) is 4.79 Å². The summed E-state index contributed by atoms with van der Waals surface area (Å²) in [5.41, 5.74) is 1.13. The van der Waals surface area contributed by atoms with Crippen molar-refractivity contribution in [1.29, 1.82) is 0 Å². The molecule has 1 fully saturated rings. The summed E-state index contributed by atoms with van der Waals surface area (Å²) in [4.78, 5) is 23.5. The van der Waals surface area contributed by atoms with Crippen molar-refractivity contribution >= 4 is 35.8 Å². The minimum atomic E-state index is -0.0550. The summed E-state index contributed by atoms with van der Waals surface area (Å²) >= 11 is 0. The lowest BCUT2D eigenvalue weighted by atomic mass is 10.2. The van der Waals surface area contributed by atoms with Gasteiger partial charge in [-0.3, -0.25) is 4.79 Å². The van der Waals surface area contributed by atoms with Gasteiger partial charge in [0.05, 0.1) is 19.4 Å². The Bertz CT molecular complexity index is 847. The van der Waals surface area contributed by atoms with Crippen molar-refractivity contribution in [3.8, 4) is 5.75 Å². The Labute approximate surface area is 214 Å². The number of hydrogen-bond donors (Lipinski definition) is 1. The van der Waals surface area contributed by atoms with Gasteiger partial charge < -0.3 is 29.2 Å². The smallest absolute Gasteiger partial charge is 0.289 e. The number of piperazine rings is 1. The molecule has 1 aliphatic rings. The molecule has 2 aromatic rings. The molecule has 1 N–H and O–H groups in total. The van der Waals surface area contributed by atoms with Crippen LogP contribution < -0.4 is 10.1 Å². The number of benzene rings is 1. The highest BCUT2D eigenvalue weighted by Gasteiger charge is 2.25. The second kappa shape index (κ2) is 14.1. The van der Waals surface area contributed by atoms with Gasteiger partial charge in [-0.15, -0.1) is 24.0 Å². The summed E-state index contributed by atoms with van der Waals surface area (Å²) in [5.74, 6) is 2.10. The summed E-state index contributed by atoms with van der Waals surface area (Å²) in [6, 6.07) is 11.6. The third-order valence-corrected chi connectivity index (χ3v) is 5.29. The van der Waals surface area contributed by atoms with Gasteiger partial charge >= 0.3 is 0 Å². The van der Waals surface area contributed by atoms with Gasteiger partial charge in [0.25, 0.3) is 5.91 Å². The number of nitrogens with zero attached hydrogens (tertiary/aromatic N) is 4. The number of nitrogens with one attached hydrogen (secondary N) is 1. The highest BCUT2D eigenvalue weighted by molar-refractivity contribution is 14.0. The number of ether oxygens (including phenoxy) is 1. The number of hydrogen-bond acceptors (Lipinski definition) is 5. The fourth-order valence-corrected chi connectivity index (χ4v) is 3.53. The Morgan fingerprint density at radius 2 is 1.82 bits per heavy atom. The van der Waals surface area contributed by atoms with Crippen LogP contribution in [0.25, 0.3) is 0 Å². The van der Waals surface area contributed by atoms with Crippen LogP contribution in [0, 0.1) is 0 Å². The van der Waals surface area contributed by atoms with Gasteiger partial charge in [0.2, 0.25) is 0 Å². The third kappa shape index (κ3) is 8.54. The Morgan fingerprint density at radius 3 is 2.42 bits per heavy atom. The molecule has 8 nitrogen and oxygen atoms in total. The molecule has 1 aromatic carbocycles. The molecule has 1 aliphatic heterocycles. The molecule has 182 valence electrons. The molecule has 1 aromatic heterocycles. The van der Waals surface area contributed by atoms with E-state index in [2.05, 4.69) is 48.3 Å². The first-order valence-electron chi connectivity index (χ1n) is 11.3. The van der Waals surface area contributed by atoms with Crippen molar-refractivity contribution in [3.63, 3.8) is 0 Å². The van der Waals surface area contributed by atoms with Crippen molar-refractivity contribution in [3.05, 3.63) is 54.0 Å². The Balaban J connectivity index is 0.00000385. The van der Waals surface area contributed by atoms with E-state index in [0.29, 0.717) is 32.0 Å². The van der Waals surface area contributed by atoms with Gasteiger partial charge in [0, 0.05) is 39.3 Å². The average molecular weight is 569 g/mol. The van der Waals surface area contributed by atoms with Crippen molar-refractivity contribution in [1.82, 2.24) is 20.0 Å².